The summed E-state index contributed by atoms with van der Waals surface area (Å²) in [5, 5.41) is 9.29. The van der Waals surface area contributed by atoms with Crippen LogP contribution in [0.1, 0.15) is 52.7 Å². The lowest BCUT2D eigenvalue weighted by molar-refractivity contribution is 0.587. The molecule has 0 spiro atoms. The van der Waals surface area contributed by atoms with E-state index in [-0.39, 0.29) is 31.3 Å². The number of hydrogen-bond donors (Lipinski definition) is 2. The van der Waals surface area contributed by atoms with Crippen LogP contribution in [0.3, 0.4) is 0 Å². The van der Waals surface area contributed by atoms with Crippen LogP contribution in [-0.2, 0) is 30.9 Å². The zero-order valence-corrected chi connectivity index (χ0v) is 33.7. The second kappa shape index (κ2) is 15.6. The predicted molar refractivity (Wildman–Crippen MR) is 214 cm³/mol. The third-order valence-corrected chi connectivity index (χ3v) is 11.9. The van der Waals surface area contributed by atoms with Gasteiger partial charge in [0.15, 0.2) is 0 Å². The van der Waals surface area contributed by atoms with Gasteiger partial charge in [-0.3, -0.25) is 9.44 Å². The zero-order chi connectivity index (χ0) is 38.8. The molecule has 0 radical (unpaired) electrons. The van der Waals surface area contributed by atoms with E-state index in [0.29, 0.717) is 27.1 Å². The van der Waals surface area contributed by atoms with E-state index in [0.717, 1.165) is 11.1 Å². The molecule has 0 saturated carbocycles. The highest BCUT2D eigenvalue weighted by Gasteiger charge is 2.22. The minimum atomic E-state index is -3.81. The molecular formula is C38H39Cl3N6O4S2. The number of hydrogen-bond acceptors (Lipinski definition) is 6. The van der Waals surface area contributed by atoms with Gasteiger partial charge in [-0.15, -0.1) is 0 Å². The van der Waals surface area contributed by atoms with Crippen LogP contribution in [0.25, 0.3) is 11.4 Å². The second-order valence-corrected chi connectivity index (χ2v) is 18.7. The van der Waals surface area contributed by atoms with Crippen LogP contribution in [0.4, 0.5) is 11.4 Å². The maximum Gasteiger partial charge on any atom is 0.261 e. The standard InChI is InChI=1S/C19H19Cl2N3O2S.C19H20ClN3O2S/c1-19(2,3)13-5-7-14(8-6-13)27(25,26)23-16-10-9-15(20)17(21)18(16)24-12-4-11-22-24;1-19(2,3)14-5-8-16(9-6-14)26(24,25)22-17-10-7-15(20)13-18(17)23-12-4-11-21-23/h4-12,23H,1-3H3;4-13,22H,1-3H3. The van der Waals surface area contributed by atoms with Gasteiger partial charge in [-0.1, -0.05) is 101 Å². The van der Waals surface area contributed by atoms with Gasteiger partial charge < -0.3 is 0 Å². The Balaban J connectivity index is 0.000000204. The Kier molecular flexibility index (Phi) is 11.7. The molecule has 0 unspecified atom stereocenters. The lowest BCUT2D eigenvalue weighted by atomic mass is 9.87. The van der Waals surface area contributed by atoms with Gasteiger partial charge >= 0.3 is 0 Å². The highest BCUT2D eigenvalue weighted by molar-refractivity contribution is 7.93. The van der Waals surface area contributed by atoms with E-state index >= 15 is 0 Å². The molecule has 0 amide bonds. The van der Waals surface area contributed by atoms with Crippen molar-refractivity contribution in [2.45, 2.75) is 62.2 Å². The molecule has 0 bridgehead atoms. The monoisotopic (exact) mass is 812 g/mol. The summed E-state index contributed by atoms with van der Waals surface area (Å²) in [6.07, 6.45) is 6.57. The average Bonchev–Trinajstić information content (AvgIpc) is 3.83. The van der Waals surface area contributed by atoms with Crippen LogP contribution in [0, 0.1) is 0 Å². The Morgan fingerprint density at radius 3 is 1.49 bits per heavy atom. The summed E-state index contributed by atoms with van der Waals surface area (Å²) in [6, 6.07) is 25.2. The van der Waals surface area contributed by atoms with Crippen molar-refractivity contribution in [1.29, 1.82) is 0 Å². The van der Waals surface area contributed by atoms with Crippen molar-refractivity contribution in [1.82, 2.24) is 19.6 Å². The van der Waals surface area contributed by atoms with E-state index in [9.17, 15) is 16.8 Å². The molecule has 0 atom stereocenters. The molecular weight excluding hydrogens is 775 g/mol. The van der Waals surface area contributed by atoms with Gasteiger partial charge in [0.25, 0.3) is 20.0 Å². The number of sulfonamides is 2. The summed E-state index contributed by atoms with van der Waals surface area (Å²) in [6.45, 7) is 12.5. The summed E-state index contributed by atoms with van der Waals surface area (Å²) >= 11 is 18.5. The largest absolute Gasteiger partial charge is 0.277 e. The van der Waals surface area contributed by atoms with Crippen LogP contribution in [0.2, 0.25) is 15.1 Å². The van der Waals surface area contributed by atoms with Crippen molar-refractivity contribution in [3.8, 4) is 11.4 Å². The maximum absolute atomic E-state index is 12.9. The van der Waals surface area contributed by atoms with Gasteiger partial charge in [-0.2, -0.15) is 10.2 Å². The van der Waals surface area contributed by atoms with Crippen molar-refractivity contribution in [2.75, 3.05) is 9.44 Å². The third kappa shape index (κ3) is 9.62. The van der Waals surface area contributed by atoms with E-state index in [4.69, 9.17) is 34.8 Å². The summed E-state index contributed by atoms with van der Waals surface area (Å²) in [5.41, 5.74) is 3.62. The van der Waals surface area contributed by atoms with Crippen molar-refractivity contribution < 1.29 is 16.8 Å². The molecule has 0 fully saturated rings. The van der Waals surface area contributed by atoms with E-state index < -0.39 is 20.0 Å². The molecule has 0 aliphatic rings. The first-order valence-electron chi connectivity index (χ1n) is 16.3. The summed E-state index contributed by atoms with van der Waals surface area (Å²) in [7, 11) is -7.55. The van der Waals surface area contributed by atoms with Gasteiger partial charge in [0.05, 0.1) is 36.9 Å². The lowest BCUT2D eigenvalue weighted by Gasteiger charge is -2.19. The van der Waals surface area contributed by atoms with Crippen LogP contribution in [0.5, 0.6) is 0 Å². The fourth-order valence-corrected chi connectivity index (χ4v) is 7.83. The van der Waals surface area contributed by atoms with Gasteiger partial charge in [0, 0.05) is 29.8 Å². The van der Waals surface area contributed by atoms with Crippen molar-refractivity contribution in [3.63, 3.8) is 0 Å². The van der Waals surface area contributed by atoms with E-state index in [1.165, 1.54) is 10.7 Å². The number of benzene rings is 4. The van der Waals surface area contributed by atoms with Gasteiger partial charge in [-0.05, 0) is 88.7 Å². The number of aromatic nitrogens is 4. The molecule has 53 heavy (non-hydrogen) atoms. The first-order valence-corrected chi connectivity index (χ1v) is 20.4. The SMILES string of the molecule is CC(C)(C)c1ccc(S(=O)(=O)Nc2ccc(Cl)c(Cl)c2-n2cccn2)cc1.CC(C)(C)c1ccc(S(=O)(=O)Nc2ccc(Cl)cc2-n2cccn2)cc1. The Morgan fingerprint density at radius 1 is 0.585 bits per heavy atom. The molecule has 2 N–H and O–H groups in total. The predicted octanol–water partition coefficient (Wildman–Crippen LogP) is 9.90. The number of rotatable bonds is 8. The molecule has 0 aliphatic heterocycles. The quantitative estimate of drug-likeness (QED) is 0.158. The van der Waals surface area contributed by atoms with Crippen LogP contribution in [0.15, 0.2) is 126 Å². The van der Waals surface area contributed by atoms with E-state index in [2.05, 4.69) is 61.2 Å². The number of anilines is 2. The van der Waals surface area contributed by atoms with Crippen molar-refractivity contribution >= 4 is 66.2 Å². The Labute approximate surface area is 325 Å². The zero-order valence-electron chi connectivity index (χ0n) is 29.8. The molecule has 10 nitrogen and oxygen atoms in total. The fraction of sp³-hybridized carbons (Fsp3) is 0.211. The highest BCUT2D eigenvalue weighted by Crippen LogP contribution is 2.36. The minimum absolute atomic E-state index is 0.0425. The van der Waals surface area contributed by atoms with Crippen molar-refractivity contribution in [3.05, 3.63) is 142 Å². The summed E-state index contributed by atoms with van der Waals surface area (Å²) < 4.78 is 59.6. The molecule has 0 saturated heterocycles. The smallest absolute Gasteiger partial charge is 0.261 e. The molecule has 278 valence electrons. The van der Waals surface area contributed by atoms with Crippen LogP contribution < -0.4 is 9.44 Å². The Bertz CT molecular complexity index is 2410. The molecule has 6 aromatic rings. The summed E-state index contributed by atoms with van der Waals surface area (Å²) in [4.78, 5) is 0.361. The topological polar surface area (TPSA) is 128 Å². The molecule has 4 aromatic carbocycles. The number of nitrogens with zero attached hydrogens (tertiary/aromatic N) is 4. The van der Waals surface area contributed by atoms with E-state index in [1.807, 2.05) is 24.3 Å². The normalized spacial score (nSPS) is 12.2. The molecule has 0 aliphatic carbocycles. The fourth-order valence-electron chi connectivity index (χ4n) is 5.11. The minimum Gasteiger partial charge on any atom is -0.277 e. The van der Waals surface area contributed by atoms with Gasteiger partial charge in [0.2, 0.25) is 0 Å². The van der Waals surface area contributed by atoms with Crippen LogP contribution in [-0.4, -0.2) is 36.4 Å². The number of nitrogens with one attached hydrogen (secondary N) is 2. The first-order chi connectivity index (χ1) is 24.8. The molecule has 15 heteroatoms. The molecule has 6 rings (SSSR count). The Hall–Kier alpha value is -4.33. The van der Waals surface area contributed by atoms with Crippen LogP contribution >= 0.6 is 34.8 Å². The second-order valence-electron chi connectivity index (χ2n) is 14.1. The maximum atomic E-state index is 12.9. The first kappa shape index (κ1) is 39.9. The Morgan fingerprint density at radius 2 is 1.04 bits per heavy atom. The van der Waals surface area contributed by atoms with Crippen molar-refractivity contribution in [2.24, 2.45) is 0 Å². The molecule has 2 aromatic heterocycles. The highest BCUT2D eigenvalue weighted by atomic mass is 35.5. The number of halogens is 3. The summed E-state index contributed by atoms with van der Waals surface area (Å²) in [5.74, 6) is 0. The van der Waals surface area contributed by atoms with E-state index in [1.54, 1.807) is 90.1 Å². The van der Waals surface area contributed by atoms with Gasteiger partial charge in [0.1, 0.15) is 5.69 Å². The lowest BCUT2D eigenvalue weighted by Crippen LogP contribution is -2.16. The molecule has 2 heterocycles. The van der Waals surface area contributed by atoms with Gasteiger partial charge in [-0.25, -0.2) is 26.2 Å². The third-order valence-electron chi connectivity index (χ3n) is 8.06. The average molecular weight is 814 g/mol.